The van der Waals surface area contributed by atoms with Crippen LogP contribution in [-0.2, 0) is 22.7 Å². The number of aromatic nitrogens is 2. The van der Waals surface area contributed by atoms with Gasteiger partial charge >= 0.3 is 10.1 Å². The standard InChI is InChI=1S/C13H4Cl3F6N3O2S/c14-6-1-5(12(19,20)21)2-7(18)10(6)25-9(3-17)11(8(4-23)24-25)28(26,27)13(15,16)22/h1-2H,3H2. The van der Waals surface area contributed by atoms with Gasteiger partial charge in [-0.1, -0.05) is 11.6 Å². The summed E-state index contributed by atoms with van der Waals surface area (Å²) in [7, 11) is -5.43. The Morgan fingerprint density at radius 1 is 1.21 bits per heavy atom. The lowest BCUT2D eigenvalue weighted by Gasteiger charge is -2.14. The fourth-order valence-electron chi connectivity index (χ4n) is 2.14. The van der Waals surface area contributed by atoms with Crippen molar-refractivity contribution < 1.29 is 34.8 Å². The summed E-state index contributed by atoms with van der Waals surface area (Å²) in [6.45, 7) is -1.77. The van der Waals surface area contributed by atoms with Gasteiger partial charge in [0.25, 0.3) is 0 Å². The van der Waals surface area contributed by atoms with Crippen LogP contribution < -0.4 is 0 Å². The first-order valence-corrected chi connectivity index (χ1v) is 9.24. The topological polar surface area (TPSA) is 75.8 Å². The smallest absolute Gasteiger partial charge is 0.244 e. The molecule has 0 bridgehead atoms. The Kier molecular flexibility index (Phi) is 5.89. The second-order valence-corrected chi connectivity index (χ2v) is 9.09. The molecule has 2 aromatic rings. The van der Waals surface area contributed by atoms with Gasteiger partial charge in [-0.2, -0.15) is 27.9 Å². The molecule has 152 valence electrons. The Bertz CT molecular complexity index is 1060. The molecule has 2 rings (SSSR count). The molecule has 0 fully saturated rings. The maximum atomic E-state index is 14.3. The van der Waals surface area contributed by atoms with Crippen molar-refractivity contribution in [3.63, 3.8) is 0 Å². The molecular formula is C13H4Cl3F6N3O2S. The zero-order valence-electron chi connectivity index (χ0n) is 12.8. The predicted molar refractivity (Wildman–Crippen MR) is 85.8 cm³/mol. The number of rotatable bonds is 4. The summed E-state index contributed by atoms with van der Waals surface area (Å²) in [4.78, 5) is -1.40. The Hall–Kier alpha value is -1.68. The summed E-state index contributed by atoms with van der Waals surface area (Å²) in [5.74, 6) is -1.67. The third-order valence-electron chi connectivity index (χ3n) is 3.29. The number of alkyl halides is 7. The number of sulfone groups is 1. The minimum Gasteiger partial charge on any atom is -0.244 e. The molecule has 0 saturated carbocycles. The molecule has 0 unspecified atom stereocenters. The van der Waals surface area contributed by atoms with Gasteiger partial charge in [0.2, 0.25) is 9.84 Å². The number of hydrogen-bond acceptors (Lipinski definition) is 4. The number of hydrogen-bond donors (Lipinski definition) is 0. The van der Waals surface area contributed by atoms with Crippen molar-refractivity contribution in [3.05, 3.63) is 39.9 Å². The highest BCUT2D eigenvalue weighted by Gasteiger charge is 2.47. The van der Waals surface area contributed by atoms with E-state index in [1.165, 1.54) is 6.07 Å². The average molecular weight is 487 g/mol. The normalized spacial score (nSPS) is 12.9. The first-order valence-electron chi connectivity index (χ1n) is 6.62. The molecule has 0 saturated heterocycles. The Balaban J connectivity index is 2.90. The van der Waals surface area contributed by atoms with E-state index in [0.717, 1.165) is 0 Å². The first-order chi connectivity index (χ1) is 12.7. The molecule has 0 spiro atoms. The molecular weight excluding hydrogens is 483 g/mol. The molecule has 28 heavy (non-hydrogen) atoms. The number of benzene rings is 1. The fraction of sp³-hybridized carbons (Fsp3) is 0.231. The van der Waals surface area contributed by atoms with Gasteiger partial charge in [-0.15, -0.1) is 0 Å². The molecule has 15 heteroatoms. The van der Waals surface area contributed by atoms with E-state index in [1.54, 1.807) is 0 Å². The zero-order valence-corrected chi connectivity index (χ0v) is 15.9. The summed E-state index contributed by atoms with van der Waals surface area (Å²) in [6, 6.07) is 1.47. The van der Waals surface area contributed by atoms with Crippen LogP contribution in [0.5, 0.6) is 0 Å². The predicted octanol–water partition coefficient (Wildman–Crippen LogP) is 4.86. The van der Waals surface area contributed by atoms with Crippen molar-refractivity contribution in [2.45, 2.75) is 21.7 Å². The second kappa shape index (κ2) is 7.29. The minimum atomic E-state index is -5.43. The number of nitrogens with zero attached hydrogens (tertiary/aromatic N) is 3. The molecule has 1 heterocycles. The first kappa shape index (κ1) is 22.6. The molecule has 1 aromatic carbocycles. The van der Waals surface area contributed by atoms with Gasteiger partial charge in [0.1, 0.15) is 23.3 Å². The van der Waals surface area contributed by atoms with E-state index in [1.807, 2.05) is 0 Å². The van der Waals surface area contributed by atoms with Crippen LogP contribution in [-0.4, -0.2) is 22.1 Å². The van der Waals surface area contributed by atoms with E-state index in [2.05, 4.69) is 5.10 Å². The van der Waals surface area contributed by atoms with Gasteiger partial charge in [0.15, 0.2) is 11.5 Å². The highest BCUT2D eigenvalue weighted by Crippen LogP contribution is 2.40. The van der Waals surface area contributed by atoms with Crippen LogP contribution in [0, 0.1) is 17.1 Å². The van der Waals surface area contributed by atoms with Gasteiger partial charge in [0, 0.05) is 0 Å². The van der Waals surface area contributed by atoms with Gasteiger partial charge < -0.3 is 0 Å². The van der Waals surface area contributed by atoms with Crippen LogP contribution in [0.1, 0.15) is 17.0 Å². The summed E-state index contributed by atoms with van der Waals surface area (Å²) in [5, 5.41) is 11.4. The van der Waals surface area contributed by atoms with E-state index >= 15 is 0 Å². The Morgan fingerprint density at radius 2 is 1.79 bits per heavy atom. The van der Waals surface area contributed by atoms with Crippen molar-refractivity contribution in [2.24, 2.45) is 0 Å². The number of halogens is 9. The van der Waals surface area contributed by atoms with E-state index in [4.69, 9.17) is 40.1 Å². The molecule has 0 radical (unpaired) electrons. The van der Waals surface area contributed by atoms with Crippen molar-refractivity contribution in [2.75, 3.05) is 0 Å². The summed E-state index contributed by atoms with van der Waals surface area (Å²) in [6.07, 6.45) is -4.98. The van der Waals surface area contributed by atoms with E-state index in [9.17, 15) is 34.8 Å². The Labute approximate surface area is 167 Å². The molecule has 0 N–H and O–H groups in total. The van der Waals surface area contributed by atoms with Crippen LogP contribution in [0.2, 0.25) is 5.02 Å². The molecule has 0 aliphatic heterocycles. The third kappa shape index (κ3) is 3.76. The van der Waals surface area contributed by atoms with Crippen LogP contribution >= 0.6 is 34.8 Å². The monoisotopic (exact) mass is 485 g/mol. The minimum absolute atomic E-state index is 0.00628. The molecule has 0 amide bonds. The van der Waals surface area contributed by atoms with Crippen molar-refractivity contribution in [3.8, 4) is 11.8 Å². The summed E-state index contributed by atoms with van der Waals surface area (Å²) < 4.78 is 100. The van der Waals surface area contributed by atoms with Crippen LogP contribution in [0.15, 0.2) is 17.0 Å². The molecule has 0 aliphatic rings. The highest BCUT2D eigenvalue weighted by atomic mass is 35.5. The highest BCUT2D eigenvalue weighted by molar-refractivity contribution is 7.95. The van der Waals surface area contributed by atoms with Crippen molar-refractivity contribution in [1.29, 1.82) is 5.26 Å². The Morgan fingerprint density at radius 3 is 2.18 bits per heavy atom. The number of nitriles is 1. The molecule has 0 atom stereocenters. The van der Waals surface area contributed by atoms with Gasteiger partial charge in [0.05, 0.1) is 16.3 Å². The van der Waals surface area contributed by atoms with E-state index in [0.29, 0.717) is 0 Å². The van der Waals surface area contributed by atoms with Crippen molar-refractivity contribution in [1.82, 2.24) is 9.78 Å². The molecule has 5 nitrogen and oxygen atoms in total. The van der Waals surface area contributed by atoms with Crippen LogP contribution in [0.4, 0.5) is 26.3 Å². The molecule has 0 aliphatic carbocycles. The van der Waals surface area contributed by atoms with Gasteiger partial charge in [-0.3, -0.25) is 0 Å². The third-order valence-corrected chi connectivity index (χ3v) is 6.38. The zero-order chi connectivity index (χ0) is 21.7. The van der Waals surface area contributed by atoms with E-state index < -0.39 is 65.0 Å². The maximum absolute atomic E-state index is 14.3. The summed E-state index contributed by atoms with van der Waals surface area (Å²) >= 11 is 15.5. The second-order valence-electron chi connectivity index (χ2n) is 5.02. The van der Waals surface area contributed by atoms with Gasteiger partial charge in [-0.25, -0.2) is 21.9 Å². The van der Waals surface area contributed by atoms with Crippen molar-refractivity contribution >= 4 is 44.6 Å². The fourth-order valence-corrected chi connectivity index (χ4v) is 3.92. The van der Waals surface area contributed by atoms with Crippen LogP contribution in [0.25, 0.3) is 5.69 Å². The van der Waals surface area contributed by atoms with Gasteiger partial charge in [-0.05, 0) is 35.3 Å². The lowest BCUT2D eigenvalue weighted by atomic mass is 10.2. The molecule has 1 aromatic heterocycles. The largest absolute Gasteiger partial charge is 0.416 e. The maximum Gasteiger partial charge on any atom is 0.416 e. The van der Waals surface area contributed by atoms with E-state index in [-0.39, 0.29) is 16.8 Å². The average Bonchev–Trinajstić information content (AvgIpc) is 2.91. The lowest BCUT2D eigenvalue weighted by molar-refractivity contribution is -0.137. The quantitative estimate of drug-likeness (QED) is 0.457. The van der Waals surface area contributed by atoms with Crippen LogP contribution in [0.3, 0.4) is 0 Å². The lowest BCUT2D eigenvalue weighted by Crippen LogP contribution is -2.22. The summed E-state index contributed by atoms with van der Waals surface area (Å²) in [5.41, 5.74) is -4.76. The SMILES string of the molecule is N#Cc1nn(-c2c(F)cc(C(F)(F)F)cc2Cl)c(CF)c1S(=O)(=O)C(F)(Cl)Cl.